The number of halogens is 3. The zero-order valence-corrected chi connectivity index (χ0v) is 25.4. The number of nitrogens with zero attached hydrogens (tertiary/aromatic N) is 2. The van der Waals surface area contributed by atoms with Gasteiger partial charge in [-0.25, -0.2) is 17.5 Å². The average molecular weight is 651 g/mol. The van der Waals surface area contributed by atoms with Crippen molar-refractivity contribution in [2.75, 3.05) is 6.54 Å². The summed E-state index contributed by atoms with van der Waals surface area (Å²) >= 11 is 12.5. The smallest absolute Gasteiger partial charge is 0.306 e. The lowest BCUT2D eigenvalue weighted by molar-refractivity contribution is -0.183. The van der Waals surface area contributed by atoms with Crippen LogP contribution in [0.4, 0.5) is 4.39 Å². The highest BCUT2D eigenvalue weighted by molar-refractivity contribution is 7.90. The Morgan fingerprint density at radius 1 is 1.14 bits per heavy atom. The first-order chi connectivity index (χ1) is 20.5. The molecule has 2 aromatic carbocycles. The molecule has 1 saturated heterocycles. The van der Waals surface area contributed by atoms with Crippen molar-refractivity contribution in [1.29, 1.82) is 0 Å². The van der Waals surface area contributed by atoms with Crippen LogP contribution >= 0.6 is 23.2 Å². The number of nitrogens with one attached hydrogen (secondary N) is 1. The fraction of sp³-hybridized carbons (Fsp3) is 0.367. The van der Waals surface area contributed by atoms with Crippen LogP contribution in [-0.4, -0.2) is 54.0 Å². The predicted octanol–water partition coefficient (Wildman–Crippen LogP) is 5.40. The summed E-state index contributed by atoms with van der Waals surface area (Å²) in [6, 6.07) is 14.7. The Kier molecular flexibility index (Phi) is 9.10. The summed E-state index contributed by atoms with van der Waals surface area (Å²) in [5.74, 6) is -2.53. The number of hydrogen-bond donors (Lipinski definition) is 2. The van der Waals surface area contributed by atoms with Crippen LogP contribution in [0.5, 0.6) is 0 Å². The van der Waals surface area contributed by atoms with Crippen molar-refractivity contribution >= 4 is 45.1 Å². The number of sulfonamides is 1. The maximum Gasteiger partial charge on any atom is 0.306 e. The van der Waals surface area contributed by atoms with Crippen molar-refractivity contribution in [2.24, 2.45) is 0 Å². The molecule has 1 aliphatic carbocycles. The van der Waals surface area contributed by atoms with E-state index in [9.17, 15) is 27.5 Å². The van der Waals surface area contributed by atoms with E-state index in [1.165, 1.54) is 23.2 Å². The molecule has 13 heteroatoms. The summed E-state index contributed by atoms with van der Waals surface area (Å²) in [4.78, 5) is 31.3. The third-order valence-electron chi connectivity index (χ3n) is 7.96. The number of ether oxygens (including phenoxy) is 1. The van der Waals surface area contributed by atoms with E-state index in [0.717, 1.165) is 0 Å². The normalized spacial score (nSPS) is 22.3. The number of aliphatic carboxylic acids is 1. The molecule has 1 aromatic heterocycles. The molecule has 0 bridgehead atoms. The van der Waals surface area contributed by atoms with Gasteiger partial charge in [0.05, 0.1) is 18.2 Å². The van der Waals surface area contributed by atoms with Gasteiger partial charge in [-0.05, 0) is 66.8 Å². The molecule has 5 rings (SSSR count). The zero-order valence-electron chi connectivity index (χ0n) is 23.1. The Hall–Kier alpha value is -3.09. The summed E-state index contributed by atoms with van der Waals surface area (Å²) in [5.41, 5.74) is 1.12. The van der Waals surface area contributed by atoms with Gasteiger partial charge in [-0.3, -0.25) is 14.6 Å². The Morgan fingerprint density at radius 3 is 2.47 bits per heavy atom. The van der Waals surface area contributed by atoms with Crippen molar-refractivity contribution in [2.45, 2.75) is 61.6 Å². The Labute approximate surface area is 259 Å². The molecule has 43 heavy (non-hydrogen) atoms. The number of aromatic nitrogens is 1. The maximum absolute atomic E-state index is 14.6. The van der Waals surface area contributed by atoms with Crippen LogP contribution in [0.15, 0.2) is 66.9 Å². The van der Waals surface area contributed by atoms with Crippen LogP contribution in [0, 0.1) is 5.82 Å². The molecule has 0 spiro atoms. The molecule has 1 amide bonds. The van der Waals surface area contributed by atoms with Crippen molar-refractivity contribution in [3.63, 3.8) is 0 Å². The quantitative estimate of drug-likeness (QED) is 0.285. The van der Waals surface area contributed by atoms with E-state index in [4.69, 9.17) is 27.9 Å². The highest BCUT2D eigenvalue weighted by Crippen LogP contribution is 2.52. The number of carbonyl (C=O) groups is 2. The van der Waals surface area contributed by atoms with E-state index >= 15 is 0 Å². The standard InChI is InChI=1S/C30H30Cl2FN3O6S/c1-2-22(17-35-43(40,41)30(12-13-30)28-23(33)7-4-14-34-28)36-26(18-8-10-20(31)11-9-18)27(19-5-3-6-21(32)15-19)42-24(29(36)39)16-25(37)38/h3-11,14-15,22,24,26-27,35H,2,12-13,16-17H2,1H3,(H,37,38)/t22-,24-,26+,27+/m0/s1. The minimum Gasteiger partial charge on any atom is -0.481 e. The number of carboxylic acid groups (broad SMARTS) is 1. The second kappa shape index (κ2) is 12.5. The zero-order chi connectivity index (χ0) is 30.9. The number of carbonyl (C=O) groups excluding carboxylic acids is 1. The molecular formula is C30H30Cl2FN3O6S. The molecule has 2 aliphatic rings. The van der Waals surface area contributed by atoms with Crippen LogP contribution < -0.4 is 4.72 Å². The number of pyridine rings is 1. The number of amides is 1. The number of morpholine rings is 1. The predicted molar refractivity (Wildman–Crippen MR) is 158 cm³/mol. The first-order valence-electron chi connectivity index (χ1n) is 13.8. The molecule has 0 unspecified atom stereocenters. The molecule has 228 valence electrons. The van der Waals surface area contributed by atoms with E-state index in [1.807, 2.05) is 0 Å². The third-order valence-corrected chi connectivity index (χ3v) is 10.6. The number of hydrogen-bond acceptors (Lipinski definition) is 6. The molecule has 1 aliphatic heterocycles. The second-order valence-corrected chi connectivity index (χ2v) is 13.6. The number of benzene rings is 2. The van der Waals surface area contributed by atoms with Crippen molar-refractivity contribution in [1.82, 2.24) is 14.6 Å². The van der Waals surface area contributed by atoms with E-state index in [0.29, 0.717) is 27.6 Å². The molecule has 4 atom stereocenters. The fourth-order valence-electron chi connectivity index (χ4n) is 5.65. The highest BCUT2D eigenvalue weighted by Gasteiger charge is 2.58. The van der Waals surface area contributed by atoms with Gasteiger partial charge in [0.15, 0.2) is 0 Å². The lowest BCUT2D eigenvalue weighted by atomic mass is 9.89. The van der Waals surface area contributed by atoms with E-state index < -0.39 is 63.2 Å². The number of rotatable bonds is 11. The van der Waals surface area contributed by atoms with Gasteiger partial charge in [-0.1, -0.05) is 54.4 Å². The largest absolute Gasteiger partial charge is 0.481 e. The molecular weight excluding hydrogens is 620 g/mol. The molecule has 2 N–H and O–H groups in total. The van der Waals surface area contributed by atoms with Crippen molar-refractivity contribution in [3.8, 4) is 0 Å². The maximum atomic E-state index is 14.6. The first-order valence-corrected chi connectivity index (χ1v) is 16.0. The lowest BCUT2D eigenvalue weighted by Crippen LogP contribution is -2.57. The van der Waals surface area contributed by atoms with E-state index in [-0.39, 0.29) is 25.1 Å². The molecule has 9 nitrogen and oxygen atoms in total. The summed E-state index contributed by atoms with van der Waals surface area (Å²) in [6.07, 6.45) is -0.707. The Balaban J connectivity index is 1.54. The van der Waals surface area contributed by atoms with Crippen molar-refractivity contribution in [3.05, 3.63) is 99.5 Å². The molecule has 2 fully saturated rings. The summed E-state index contributed by atoms with van der Waals surface area (Å²) < 4.78 is 49.2. The van der Waals surface area contributed by atoms with Gasteiger partial charge in [0.1, 0.15) is 22.8 Å². The van der Waals surface area contributed by atoms with Crippen LogP contribution in [0.3, 0.4) is 0 Å². The Morgan fingerprint density at radius 2 is 1.86 bits per heavy atom. The second-order valence-electron chi connectivity index (χ2n) is 10.7. The monoisotopic (exact) mass is 649 g/mol. The van der Waals surface area contributed by atoms with Gasteiger partial charge >= 0.3 is 5.97 Å². The van der Waals surface area contributed by atoms with Gasteiger partial charge < -0.3 is 14.7 Å². The van der Waals surface area contributed by atoms with Gasteiger partial charge in [-0.2, -0.15) is 0 Å². The third kappa shape index (κ3) is 6.28. The van der Waals surface area contributed by atoms with Gasteiger partial charge in [0.2, 0.25) is 10.0 Å². The lowest BCUT2D eigenvalue weighted by Gasteiger charge is -2.48. The van der Waals surface area contributed by atoms with Gasteiger partial charge in [-0.15, -0.1) is 0 Å². The summed E-state index contributed by atoms with van der Waals surface area (Å²) in [7, 11) is -4.13. The van der Waals surface area contributed by atoms with Crippen molar-refractivity contribution < 1.29 is 32.2 Å². The minimum absolute atomic E-state index is 0.139. The molecule has 1 saturated carbocycles. The highest BCUT2D eigenvalue weighted by atomic mass is 35.5. The van der Waals surface area contributed by atoms with Gasteiger partial charge in [0.25, 0.3) is 5.91 Å². The van der Waals surface area contributed by atoms with Crippen LogP contribution in [0.1, 0.15) is 61.6 Å². The van der Waals surface area contributed by atoms with E-state index in [2.05, 4.69) is 9.71 Å². The molecule has 2 heterocycles. The topological polar surface area (TPSA) is 126 Å². The average Bonchev–Trinajstić information content (AvgIpc) is 3.78. The van der Waals surface area contributed by atoms with Crippen LogP contribution in [-0.2, 0) is 29.1 Å². The Bertz CT molecular complexity index is 1620. The number of carboxylic acids is 1. The summed E-state index contributed by atoms with van der Waals surface area (Å²) in [6.45, 7) is 1.60. The molecule has 0 radical (unpaired) electrons. The van der Waals surface area contributed by atoms with E-state index in [1.54, 1.807) is 55.5 Å². The SMILES string of the molecule is CC[C@@H](CNS(=O)(=O)C1(c2ncccc2F)CC1)N1C(=O)[C@H](CC(=O)O)O[C@H](c2cccc(Cl)c2)[C@H]1c1ccc(Cl)cc1. The summed E-state index contributed by atoms with van der Waals surface area (Å²) in [5, 5.41) is 10.5. The first kappa shape index (κ1) is 31.3. The van der Waals surface area contributed by atoms with Crippen LogP contribution in [0.25, 0.3) is 0 Å². The van der Waals surface area contributed by atoms with Gasteiger partial charge in [0, 0.05) is 28.8 Å². The minimum atomic E-state index is -4.13. The van der Waals surface area contributed by atoms with Crippen LogP contribution in [0.2, 0.25) is 10.0 Å². The fourth-order valence-corrected chi connectivity index (χ4v) is 7.71. The molecule has 3 aromatic rings.